The van der Waals surface area contributed by atoms with Gasteiger partial charge < -0.3 is 5.73 Å². The van der Waals surface area contributed by atoms with Crippen molar-refractivity contribution in [2.24, 2.45) is 5.73 Å². The maximum atomic E-state index is 6.20. The van der Waals surface area contributed by atoms with Crippen LogP contribution in [0.15, 0.2) is 42.7 Å². The number of benzene rings is 1. The molecule has 0 bridgehead atoms. The molecule has 1 unspecified atom stereocenters. The Kier molecular flexibility index (Phi) is 3.22. The molecule has 0 saturated carbocycles. The lowest BCUT2D eigenvalue weighted by atomic mass is 9.97. The third-order valence-corrected chi connectivity index (χ3v) is 2.84. The lowest BCUT2D eigenvalue weighted by Gasteiger charge is -2.14. The Bertz CT molecular complexity index is 497. The molecule has 0 aliphatic heterocycles. The fraction of sp³-hybridized carbons (Fsp3) is 0.154. The summed E-state index contributed by atoms with van der Waals surface area (Å²) < 4.78 is 0. The van der Waals surface area contributed by atoms with Gasteiger partial charge in [0.1, 0.15) is 0 Å². The van der Waals surface area contributed by atoms with Crippen LogP contribution in [-0.2, 0) is 0 Å². The average molecular weight is 233 g/mol. The van der Waals surface area contributed by atoms with Crippen molar-refractivity contribution in [3.05, 3.63) is 64.4 Å². The molecule has 0 radical (unpaired) electrons. The Morgan fingerprint density at radius 2 is 2.12 bits per heavy atom. The third kappa shape index (κ3) is 2.23. The highest BCUT2D eigenvalue weighted by Crippen LogP contribution is 2.23. The Labute approximate surface area is 100 Å². The van der Waals surface area contributed by atoms with E-state index >= 15 is 0 Å². The van der Waals surface area contributed by atoms with Crippen molar-refractivity contribution in [2.45, 2.75) is 13.0 Å². The molecule has 0 saturated heterocycles. The van der Waals surface area contributed by atoms with E-state index in [4.69, 9.17) is 17.3 Å². The molecule has 1 heterocycles. The van der Waals surface area contributed by atoms with Gasteiger partial charge in [0.05, 0.1) is 6.04 Å². The summed E-state index contributed by atoms with van der Waals surface area (Å²) in [6.45, 7) is 2.01. The van der Waals surface area contributed by atoms with Crippen LogP contribution in [0.1, 0.15) is 22.7 Å². The lowest BCUT2D eigenvalue weighted by Crippen LogP contribution is -2.13. The molecule has 0 aliphatic rings. The van der Waals surface area contributed by atoms with E-state index < -0.39 is 0 Å². The van der Waals surface area contributed by atoms with Crippen molar-refractivity contribution in [3.8, 4) is 0 Å². The number of halogens is 1. The minimum atomic E-state index is -0.151. The summed E-state index contributed by atoms with van der Waals surface area (Å²) in [5.41, 5.74) is 9.39. The van der Waals surface area contributed by atoms with Gasteiger partial charge in [-0.1, -0.05) is 23.7 Å². The van der Waals surface area contributed by atoms with Gasteiger partial charge in [0, 0.05) is 17.4 Å². The summed E-state index contributed by atoms with van der Waals surface area (Å²) in [5, 5.41) is 0.708. The number of rotatable bonds is 2. The maximum absolute atomic E-state index is 6.20. The van der Waals surface area contributed by atoms with Gasteiger partial charge in [-0.15, -0.1) is 0 Å². The van der Waals surface area contributed by atoms with Gasteiger partial charge in [-0.3, -0.25) is 4.98 Å². The molecule has 82 valence electrons. The van der Waals surface area contributed by atoms with Crippen LogP contribution in [0, 0.1) is 6.92 Å². The van der Waals surface area contributed by atoms with Crippen molar-refractivity contribution in [1.82, 2.24) is 4.98 Å². The Morgan fingerprint density at radius 1 is 1.31 bits per heavy atom. The molecule has 0 fully saturated rings. The van der Waals surface area contributed by atoms with Crippen LogP contribution in [0.2, 0.25) is 5.02 Å². The van der Waals surface area contributed by atoms with Gasteiger partial charge in [-0.2, -0.15) is 0 Å². The van der Waals surface area contributed by atoms with Crippen molar-refractivity contribution >= 4 is 11.6 Å². The van der Waals surface area contributed by atoms with E-state index in [1.54, 1.807) is 6.20 Å². The van der Waals surface area contributed by atoms with Gasteiger partial charge in [0.2, 0.25) is 0 Å². The zero-order chi connectivity index (χ0) is 11.5. The number of hydrogen-bond donors (Lipinski definition) is 1. The lowest BCUT2D eigenvalue weighted by molar-refractivity contribution is 0.857. The van der Waals surface area contributed by atoms with Crippen LogP contribution < -0.4 is 5.73 Å². The second-order valence-electron chi connectivity index (χ2n) is 3.76. The van der Waals surface area contributed by atoms with Crippen LogP contribution >= 0.6 is 11.6 Å². The first-order chi connectivity index (χ1) is 7.68. The first-order valence-corrected chi connectivity index (χ1v) is 5.48. The first-order valence-electron chi connectivity index (χ1n) is 5.10. The summed E-state index contributed by atoms with van der Waals surface area (Å²) in [6, 6.07) is 9.43. The van der Waals surface area contributed by atoms with E-state index in [1.807, 2.05) is 43.5 Å². The molecule has 2 aromatic rings. The highest BCUT2D eigenvalue weighted by atomic mass is 35.5. The minimum Gasteiger partial charge on any atom is -0.320 e. The molecule has 0 spiro atoms. The van der Waals surface area contributed by atoms with Crippen LogP contribution in [-0.4, -0.2) is 4.98 Å². The number of pyridine rings is 1. The summed E-state index contributed by atoms with van der Waals surface area (Å²) in [5.74, 6) is 0. The predicted octanol–water partition coefficient (Wildman–Crippen LogP) is 3.09. The van der Waals surface area contributed by atoms with E-state index in [2.05, 4.69) is 4.98 Å². The van der Waals surface area contributed by atoms with Crippen LogP contribution in [0.5, 0.6) is 0 Å². The van der Waals surface area contributed by atoms with Crippen molar-refractivity contribution < 1.29 is 0 Å². The first kappa shape index (κ1) is 11.1. The third-order valence-electron chi connectivity index (χ3n) is 2.61. The molecule has 0 amide bonds. The fourth-order valence-electron chi connectivity index (χ4n) is 1.71. The molecular weight excluding hydrogens is 220 g/mol. The summed E-state index contributed by atoms with van der Waals surface area (Å²) in [4.78, 5) is 4.06. The summed E-state index contributed by atoms with van der Waals surface area (Å²) in [6.07, 6.45) is 3.58. The Hall–Kier alpha value is -1.38. The maximum Gasteiger partial charge on any atom is 0.0555 e. The van der Waals surface area contributed by atoms with Gasteiger partial charge in [-0.25, -0.2) is 0 Å². The van der Waals surface area contributed by atoms with Crippen molar-refractivity contribution in [2.75, 3.05) is 0 Å². The SMILES string of the molecule is Cc1cnccc1C(N)c1cccc(Cl)c1. The number of nitrogens with zero attached hydrogens (tertiary/aromatic N) is 1. The monoisotopic (exact) mass is 232 g/mol. The molecule has 1 aromatic heterocycles. The second kappa shape index (κ2) is 4.64. The van der Waals surface area contributed by atoms with E-state index in [0.717, 1.165) is 16.7 Å². The molecule has 0 aliphatic carbocycles. The summed E-state index contributed by atoms with van der Waals surface area (Å²) in [7, 11) is 0. The van der Waals surface area contributed by atoms with Gasteiger partial charge >= 0.3 is 0 Å². The predicted molar refractivity (Wildman–Crippen MR) is 66.5 cm³/mol. The molecule has 3 heteroatoms. The van der Waals surface area contributed by atoms with E-state index in [1.165, 1.54) is 0 Å². The number of aromatic nitrogens is 1. The van der Waals surface area contributed by atoms with E-state index in [-0.39, 0.29) is 6.04 Å². The molecule has 2 N–H and O–H groups in total. The van der Waals surface area contributed by atoms with Crippen LogP contribution in [0.3, 0.4) is 0 Å². The largest absolute Gasteiger partial charge is 0.320 e. The quantitative estimate of drug-likeness (QED) is 0.864. The molecule has 2 nitrogen and oxygen atoms in total. The number of hydrogen-bond acceptors (Lipinski definition) is 2. The standard InChI is InChI=1S/C13H13ClN2/c1-9-8-16-6-5-12(9)13(15)10-3-2-4-11(14)7-10/h2-8,13H,15H2,1H3. The van der Waals surface area contributed by atoms with Crippen LogP contribution in [0.4, 0.5) is 0 Å². The Balaban J connectivity index is 2.39. The van der Waals surface area contributed by atoms with Crippen molar-refractivity contribution in [1.29, 1.82) is 0 Å². The minimum absolute atomic E-state index is 0.151. The number of aryl methyl sites for hydroxylation is 1. The highest BCUT2D eigenvalue weighted by molar-refractivity contribution is 6.30. The smallest absolute Gasteiger partial charge is 0.0555 e. The topological polar surface area (TPSA) is 38.9 Å². The summed E-state index contributed by atoms with van der Waals surface area (Å²) >= 11 is 5.95. The molecule has 1 atom stereocenters. The molecular formula is C13H13ClN2. The highest BCUT2D eigenvalue weighted by Gasteiger charge is 2.11. The van der Waals surface area contributed by atoms with Gasteiger partial charge in [0.15, 0.2) is 0 Å². The zero-order valence-corrected chi connectivity index (χ0v) is 9.78. The van der Waals surface area contributed by atoms with Gasteiger partial charge in [-0.05, 0) is 41.8 Å². The van der Waals surface area contributed by atoms with Crippen LogP contribution in [0.25, 0.3) is 0 Å². The fourth-order valence-corrected chi connectivity index (χ4v) is 1.91. The molecule has 16 heavy (non-hydrogen) atoms. The second-order valence-corrected chi connectivity index (χ2v) is 4.20. The van der Waals surface area contributed by atoms with E-state index in [9.17, 15) is 0 Å². The average Bonchev–Trinajstić information content (AvgIpc) is 2.29. The Morgan fingerprint density at radius 3 is 2.81 bits per heavy atom. The molecule has 2 rings (SSSR count). The zero-order valence-electron chi connectivity index (χ0n) is 9.02. The molecule has 1 aromatic carbocycles. The van der Waals surface area contributed by atoms with Gasteiger partial charge in [0.25, 0.3) is 0 Å². The number of nitrogens with two attached hydrogens (primary N) is 1. The van der Waals surface area contributed by atoms with E-state index in [0.29, 0.717) is 5.02 Å². The van der Waals surface area contributed by atoms with Crippen molar-refractivity contribution in [3.63, 3.8) is 0 Å². The normalized spacial score (nSPS) is 12.4.